The highest BCUT2D eigenvalue weighted by Gasteiger charge is 2.42. The molecule has 2 nitrogen and oxygen atoms in total. The predicted octanol–water partition coefficient (Wildman–Crippen LogP) is 2.75. The molecule has 0 saturated carbocycles. The van der Waals surface area contributed by atoms with Crippen LogP contribution >= 0.6 is 0 Å². The van der Waals surface area contributed by atoms with Gasteiger partial charge in [-0.15, -0.1) is 0 Å². The van der Waals surface area contributed by atoms with Crippen LogP contribution in [-0.4, -0.2) is 20.5 Å². The lowest BCUT2D eigenvalue weighted by Gasteiger charge is -2.46. The monoisotopic (exact) mass is 215 g/mol. The first-order chi connectivity index (χ1) is 6.40. The van der Waals surface area contributed by atoms with Crippen LogP contribution < -0.4 is 5.73 Å². The molecule has 14 heavy (non-hydrogen) atoms. The van der Waals surface area contributed by atoms with E-state index in [0.717, 1.165) is 13.0 Å². The Labute approximate surface area is 89.3 Å². The molecule has 3 heteroatoms. The minimum atomic E-state index is -1.41. The van der Waals surface area contributed by atoms with Crippen molar-refractivity contribution in [2.24, 2.45) is 11.7 Å². The van der Waals surface area contributed by atoms with Crippen molar-refractivity contribution in [3.63, 3.8) is 0 Å². The third kappa shape index (κ3) is 2.81. The van der Waals surface area contributed by atoms with Crippen LogP contribution in [0.1, 0.15) is 33.6 Å². The van der Waals surface area contributed by atoms with E-state index < -0.39 is 8.32 Å². The molecule has 1 aliphatic rings. The maximum atomic E-state index is 6.36. The van der Waals surface area contributed by atoms with Crippen LogP contribution in [0.25, 0.3) is 0 Å². The van der Waals surface area contributed by atoms with Gasteiger partial charge in [-0.05, 0) is 57.8 Å². The number of nitrogens with two attached hydrogens (primary N) is 1. The number of hydrogen-bond donors (Lipinski definition) is 1. The van der Waals surface area contributed by atoms with Gasteiger partial charge in [-0.1, -0.05) is 6.92 Å². The Morgan fingerprint density at radius 3 is 2.64 bits per heavy atom. The van der Waals surface area contributed by atoms with E-state index in [-0.39, 0.29) is 5.60 Å². The number of rotatable bonds is 3. The molecule has 0 amide bonds. The van der Waals surface area contributed by atoms with Gasteiger partial charge in [-0.2, -0.15) is 0 Å². The molecule has 1 aliphatic heterocycles. The van der Waals surface area contributed by atoms with Gasteiger partial charge in [0.05, 0.1) is 5.60 Å². The van der Waals surface area contributed by atoms with Gasteiger partial charge < -0.3 is 10.2 Å². The smallest absolute Gasteiger partial charge is 0.190 e. The molecule has 84 valence electrons. The summed E-state index contributed by atoms with van der Waals surface area (Å²) >= 11 is 0. The van der Waals surface area contributed by atoms with Crippen LogP contribution in [0, 0.1) is 5.92 Å². The quantitative estimate of drug-likeness (QED) is 0.735. The second kappa shape index (κ2) is 4.33. The van der Waals surface area contributed by atoms with Gasteiger partial charge in [0.2, 0.25) is 0 Å². The van der Waals surface area contributed by atoms with Crippen molar-refractivity contribution in [3.8, 4) is 0 Å². The van der Waals surface area contributed by atoms with Crippen LogP contribution in [0.15, 0.2) is 0 Å². The van der Waals surface area contributed by atoms with Crippen molar-refractivity contribution in [2.75, 3.05) is 6.54 Å². The fourth-order valence-electron chi connectivity index (χ4n) is 2.31. The first kappa shape index (κ1) is 12.2. The van der Waals surface area contributed by atoms with E-state index >= 15 is 0 Å². The Morgan fingerprint density at radius 2 is 2.14 bits per heavy atom. The summed E-state index contributed by atoms with van der Waals surface area (Å²) in [5.74, 6) is 0.695. The minimum absolute atomic E-state index is 0.0911. The van der Waals surface area contributed by atoms with Crippen molar-refractivity contribution in [2.45, 2.75) is 57.8 Å². The Hall–Kier alpha value is 0.137. The van der Waals surface area contributed by atoms with E-state index in [1.165, 1.54) is 18.5 Å². The molecule has 0 radical (unpaired) electrons. The summed E-state index contributed by atoms with van der Waals surface area (Å²) in [5.41, 5.74) is 5.66. The van der Waals surface area contributed by atoms with Crippen LogP contribution in [0.3, 0.4) is 0 Å². The average Bonchev–Trinajstić information content (AvgIpc) is 2.08. The molecule has 1 heterocycles. The van der Waals surface area contributed by atoms with Gasteiger partial charge in [0.1, 0.15) is 0 Å². The maximum Gasteiger partial charge on any atom is 0.190 e. The largest absolute Gasteiger partial charge is 0.412 e. The van der Waals surface area contributed by atoms with E-state index in [9.17, 15) is 0 Å². The van der Waals surface area contributed by atoms with Gasteiger partial charge in [-0.25, -0.2) is 0 Å². The summed E-state index contributed by atoms with van der Waals surface area (Å²) in [4.78, 5) is 0. The molecule has 0 aromatic heterocycles. The third-order valence-electron chi connectivity index (χ3n) is 3.71. The first-order valence-corrected chi connectivity index (χ1v) is 8.62. The zero-order valence-electron chi connectivity index (χ0n) is 10.1. The summed E-state index contributed by atoms with van der Waals surface area (Å²) in [6.45, 7) is 9.96. The van der Waals surface area contributed by atoms with E-state index in [1.54, 1.807) is 0 Å². The fraction of sp³-hybridized carbons (Fsp3) is 1.00. The highest BCUT2D eigenvalue weighted by Crippen LogP contribution is 2.39. The van der Waals surface area contributed by atoms with Crippen molar-refractivity contribution >= 4 is 8.32 Å². The van der Waals surface area contributed by atoms with Gasteiger partial charge in [-0.3, -0.25) is 0 Å². The lowest BCUT2D eigenvalue weighted by atomic mass is 9.91. The van der Waals surface area contributed by atoms with Crippen molar-refractivity contribution in [1.82, 2.24) is 0 Å². The van der Waals surface area contributed by atoms with E-state index in [0.29, 0.717) is 5.92 Å². The second-order valence-electron chi connectivity index (χ2n) is 5.49. The summed E-state index contributed by atoms with van der Waals surface area (Å²) < 4.78 is 6.36. The molecule has 0 aliphatic carbocycles. The lowest BCUT2D eigenvalue weighted by Crippen LogP contribution is -2.51. The van der Waals surface area contributed by atoms with Gasteiger partial charge in [0.15, 0.2) is 8.32 Å². The zero-order chi connectivity index (χ0) is 10.8. The van der Waals surface area contributed by atoms with Gasteiger partial charge >= 0.3 is 0 Å². The molecule has 0 spiro atoms. The Morgan fingerprint density at radius 1 is 1.50 bits per heavy atom. The highest BCUT2D eigenvalue weighted by atomic mass is 28.4. The van der Waals surface area contributed by atoms with E-state index in [1.807, 2.05) is 0 Å². The van der Waals surface area contributed by atoms with Crippen molar-refractivity contribution in [1.29, 1.82) is 0 Å². The first-order valence-electron chi connectivity index (χ1n) is 5.80. The summed E-state index contributed by atoms with van der Waals surface area (Å²) in [5, 5.41) is 0. The third-order valence-corrected chi connectivity index (χ3v) is 7.49. The maximum absolute atomic E-state index is 6.36. The van der Waals surface area contributed by atoms with Crippen molar-refractivity contribution < 1.29 is 4.43 Å². The zero-order valence-corrected chi connectivity index (χ0v) is 11.1. The summed E-state index contributed by atoms with van der Waals surface area (Å²) in [6, 6.07) is 2.55. The predicted molar refractivity (Wildman–Crippen MR) is 63.8 cm³/mol. The summed E-state index contributed by atoms with van der Waals surface area (Å²) in [6.07, 6.45) is 2.47. The average molecular weight is 215 g/mol. The van der Waals surface area contributed by atoms with Crippen LogP contribution in [0.5, 0.6) is 0 Å². The topological polar surface area (TPSA) is 35.2 Å². The Kier molecular flexibility index (Phi) is 3.78. The molecule has 0 aromatic carbocycles. The molecule has 1 rings (SSSR count). The fourth-order valence-corrected chi connectivity index (χ4v) is 6.23. The molecular weight excluding hydrogens is 190 g/mol. The van der Waals surface area contributed by atoms with Crippen LogP contribution in [0.4, 0.5) is 0 Å². The number of hydrogen-bond acceptors (Lipinski definition) is 2. The summed E-state index contributed by atoms with van der Waals surface area (Å²) in [7, 11) is -1.41. The molecule has 1 fully saturated rings. The molecule has 0 bridgehead atoms. The van der Waals surface area contributed by atoms with E-state index in [2.05, 4.69) is 27.3 Å². The van der Waals surface area contributed by atoms with Gasteiger partial charge in [0.25, 0.3) is 0 Å². The molecule has 0 aromatic rings. The highest BCUT2D eigenvalue weighted by molar-refractivity contribution is 6.72. The second-order valence-corrected chi connectivity index (χ2v) is 9.59. The Balaban J connectivity index is 2.56. The molecule has 2 N–H and O–H groups in total. The molecule has 1 saturated heterocycles. The standard InChI is InChI=1S/C11H25NOSi/c1-10-6-9-14(4,8-5-7-12)13-11(10,2)3/h10H,5-9,12H2,1-4H3. The normalized spacial score (nSPS) is 37.1. The van der Waals surface area contributed by atoms with E-state index in [4.69, 9.17) is 10.2 Å². The molecular formula is C11H25NOSi. The van der Waals surface area contributed by atoms with Crippen LogP contribution in [0.2, 0.25) is 18.6 Å². The lowest BCUT2D eigenvalue weighted by molar-refractivity contribution is 0.0209. The molecule has 2 atom stereocenters. The Bertz CT molecular complexity index is 192. The molecule has 2 unspecified atom stereocenters. The van der Waals surface area contributed by atoms with Crippen LogP contribution in [-0.2, 0) is 4.43 Å². The van der Waals surface area contributed by atoms with Gasteiger partial charge in [0, 0.05) is 0 Å². The van der Waals surface area contributed by atoms with Crippen molar-refractivity contribution in [3.05, 3.63) is 0 Å². The SMILES string of the molecule is CC1CC[Si](C)(CCCN)OC1(C)C. The minimum Gasteiger partial charge on any atom is -0.412 e.